The lowest BCUT2D eigenvalue weighted by molar-refractivity contribution is -0.358. The van der Waals surface area contributed by atoms with Gasteiger partial charge in [-0.25, -0.2) is 14.4 Å². The lowest BCUT2D eigenvalue weighted by atomic mass is 9.96. The molecule has 3 aliphatic rings. The zero-order chi connectivity index (χ0) is 73.2. The number of hydrogen-bond donors (Lipinski definition) is 1. The molecule has 0 saturated carbocycles. The molecule has 19 nitrogen and oxygen atoms in total. The lowest BCUT2D eigenvalue weighted by Crippen LogP contribution is -2.65. The number of hydrogen-bond acceptors (Lipinski definition) is 19. The molecular weight excluding hydrogens is 1360 g/mol. The minimum absolute atomic E-state index is 0.0242. The van der Waals surface area contributed by atoms with Gasteiger partial charge in [-0.15, -0.1) is 0 Å². The summed E-state index contributed by atoms with van der Waals surface area (Å²) >= 11 is 0. The van der Waals surface area contributed by atoms with Crippen molar-refractivity contribution in [1.82, 2.24) is 0 Å². The van der Waals surface area contributed by atoms with Gasteiger partial charge >= 0.3 is 17.9 Å². The molecule has 0 spiro atoms. The number of rotatable bonds is 34. The Labute approximate surface area is 622 Å². The molecule has 0 amide bonds. The van der Waals surface area contributed by atoms with Crippen LogP contribution in [0.25, 0.3) is 0 Å². The standard InChI is InChI=1S/C88H86O19/c89-83(68-45-25-8-26-46-68)105-76-73(102-86(92)80(107-85(91)70-49-29-10-30-50-70)79(76)106-84(90)69-47-27-9-28-48-69)60-101-88-82(99-57-67-43-23-7-24-44-67)78(97-55-65-39-19-5-20-40-65)75(95-53-63-35-15-3-16-36-63)72(104-88)59-100-87-81(98-56-66-41-21-6-22-42-66)77(96-54-64-37-17-4-18-38-64)74(94-52-62-33-13-2-14-34-62)71(103-87)58-93-51-61-31-11-1-12-32-61/h1-50,71-82,86-88,92H,51-60H2/t71-,72-,73-,74-,75-,76-,77+,78+,79+,80-,81-,82-,86+,87+,88+/m1/s1. The molecule has 10 aromatic carbocycles. The summed E-state index contributed by atoms with van der Waals surface area (Å²) in [5.41, 5.74) is 6.51. The van der Waals surface area contributed by atoms with E-state index < -0.39 is 117 Å². The van der Waals surface area contributed by atoms with Crippen LogP contribution in [0.2, 0.25) is 0 Å². The summed E-state index contributed by atoms with van der Waals surface area (Å²) in [5.74, 6) is -2.63. The number of aliphatic hydroxyl groups is 1. The van der Waals surface area contributed by atoms with Crippen molar-refractivity contribution in [3.8, 4) is 0 Å². The first-order valence-corrected chi connectivity index (χ1v) is 35.9. The summed E-state index contributed by atoms with van der Waals surface area (Å²) in [4.78, 5) is 43.1. The first kappa shape index (κ1) is 75.3. The maximum atomic E-state index is 14.6. The zero-order valence-corrected chi connectivity index (χ0v) is 58.9. The SMILES string of the molecule is O=C(O[C@@H]1[C@@H](OC(=O)c2ccccc2)[C@@H](O)O[C@H](CO[C@H]2O[C@H](CO[C@H]3O[C@H](COCc4ccccc4)[C@@H](OCc4ccccc4)[C@H](OCc4ccccc4)[C@H]3OCc3ccccc3)[C@@H](OCc3ccccc3)[C@H](OCc3ccccc3)[C@H]2OCc2ccccc2)[C@H]1OC(=O)c1ccccc1)c1ccccc1. The van der Waals surface area contributed by atoms with E-state index in [1.165, 1.54) is 24.3 Å². The van der Waals surface area contributed by atoms with Gasteiger partial charge in [-0.05, 0) is 75.3 Å². The zero-order valence-electron chi connectivity index (χ0n) is 58.9. The van der Waals surface area contributed by atoms with E-state index in [-0.39, 0.29) is 76.2 Å². The summed E-state index contributed by atoms with van der Waals surface area (Å²) in [6, 6.07) is 92.6. The highest BCUT2D eigenvalue weighted by Crippen LogP contribution is 2.37. The molecule has 0 radical (unpaired) electrons. The number of carbonyl (C=O) groups is 3. The molecule has 13 rings (SSSR count). The molecule has 0 aliphatic carbocycles. The molecule has 552 valence electrons. The van der Waals surface area contributed by atoms with Crippen molar-refractivity contribution < 1.29 is 90.5 Å². The van der Waals surface area contributed by atoms with Crippen LogP contribution in [-0.4, -0.2) is 135 Å². The summed E-state index contributed by atoms with van der Waals surface area (Å²) < 4.78 is 103. The van der Waals surface area contributed by atoms with Gasteiger partial charge in [0.15, 0.2) is 37.2 Å². The van der Waals surface area contributed by atoms with Crippen molar-refractivity contribution in [2.45, 2.75) is 138 Å². The van der Waals surface area contributed by atoms with Crippen LogP contribution >= 0.6 is 0 Å². The van der Waals surface area contributed by atoms with E-state index >= 15 is 0 Å². The summed E-state index contributed by atoms with van der Waals surface area (Å²) in [7, 11) is 0. The van der Waals surface area contributed by atoms with Crippen LogP contribution in [0.15, 0.2) is 303 Å². The van der Waals surface area contributed by atoms with Gasteiger partial charge in [-0.1, -0.05) is 267 Å². The predicted molar refractivity (Wildman–Crippen MR) is 393 cm³/mol. The van der Waals surface area contributed by atoms with Gasteiger partial charge in [0.05, 0.1) is 82.8 Å². The first-order chi connectivity index (χ1) is 52.7. The fraction of sp³-hybridized carbons (Fsp3) is 0.284. The van der Waals surface area contributed by atoms with E-state index in [0.717, 1.165) is 38.9 Å². The van der Waals surface area contributed by atoms with E-state index in [0.29, 0.717) is 0 Å². The van der Waals surface area contributed by atoms with Crippen molar-refractivity contribution in [3.63, 3.8) is 0 Å². The summed E-state index contributed by atoms with van der Waals surface area (Å²) in [6.45, 7) is 0.107. The second-order valence-electron chi connectivity index (χ2n) is 26.1. The molecule has 0 unspecified atom stereocenters. The fourth-order valence-corrected chi connectivity index (χ4v) is 13.0. The molecule has 10 aromatic rings. The molecule has 3 heterocycles. The van der Waals surface area contributed by atoms with Gasteiger partial charge < -0.3 is 76.2 Å². The monoisotopic (exact) mass is 1450 g/mol. The fourth-order valence-electron chi connectivity index (χ4n) is 13.0. The van der Waals surface area contributed by atoms with Crippen LogP contribution in [0, 0.1) is 0 Å². The minimum atomic E-state index is -2.02. The number of carbonyl (C=O) groups excluding carboxylic acids is 3. The van der Waals surface area contributed by atoms with Crippen LogP contribution in [0.5, 0.6) is 0 Å². The third-order valence-corrected chi connectivity index (χ3v) is 18.5. The average Bonchev–Trinajstić information content (AvgIpc) is 0.784. The van der Waals surface area contributed by atoms with E-state index in [9.17, 15) is 19.5 Å². The molecule has 1 N–H and O–H groups in total. The normalized spacial score (nSPS) is 24.2. The Morgan fingerprint density at radius 1 is 0.243 bits per heavy atom. The Bertz CT molecular complexity index is 4240. The van der Waals surface area contributed by atoms with Gasteiger partial charge in [0.25, 0.3) is 0 Å². The number of esters is 3. The molecule has 15 atom stereocenters. The second kappa shape index (κ2) is 39.1. The van der Waals surface area contributed by atoms with Crippen LogP contribution in [-0.2, 0) is 117 Å². The van der Waals surface area contributed by atoms with E-state index in [1.54, 1.807) is 66.7 Å². The molecular formula is C88H86O19. The van der Waals surface area contributed by atoms with Gasteiger partial charge in [-0.2, -0.15) is 0 Å². The van der Waals surface area contributed by atoms with Crippen LogP contribution in [0.3, 0.4) is 0 Å². The highest BCUT2D eigenvalue weighted by Gasteiger charge is 2.56. The third kappa shape index (κ3) is 21.2. The molecule has 3 aliphatic heterocycles. The maximum Gasteiger partial charge on any atom is 0.338 e. The van der Waals surface area contributed by atoms with Gasteiger partial charge in [0.1, 0.15) is 54.9 Å². The highest BCUT2D eigenvalue weighted by molar-refractivity contribution is 5.91. The Hall–Kier alpha value is -9.91. The van der Waals surface area contributed by atoms with Crippen LogP contribution in [0.4, 0.5) is 0 Å². The van der Waals surface area contributed by atoms with Gasteiger partial charge in [0, 0.05) is 0 Å². The van der Waals surface area contributed by atoms with Crippen molar-refractivity contribution in [3.05, 3.63) is 359 Å². The van der Waals surface area contributed by atoms with Gasteiger partial charge in [0.2, 0.25) is 0 Å². The van der Waals surface area contributed by atoms with E-state index in [2.05, 4.69) is 0 Å². The van der Waals surface area contributed by atoms with Crippen molar-refractivity contribution in [1.29, 1.82) is 0 Å². The van der Waals surface area contributed by atoms with Crippen LogP contribution < -0.4 is 0 Å². The summed E-state index contributed by atoms with van der Waals surface area (Å²) in [5, 5.41) is 12.3. The molecule has 3 fully saturated rings. The van der Waals surface area contributed by atoms with Gasteiger partial charge in [-0.3, -0.25) is 0 Å². The number of aliphatic hydroxyl groups excluding tert-OH is 1. The minimum Gasteiger partial charge on any atom is -0.452 e. The van der Waals surface area contributed by atoms with E-state index in [1.807, 2.05) is 212 Å². The smallest absolute Gasteiger partial charge is 0.338 e. The topological polar surface area (TPSA) is 210 Å². The van der Waals surface area contributed by atoms with Crippen molar-refractivity contribution >= 4 is 17.9 Å². The Balaban J connectivity index is 0.888. The first-order valence-electron chi connectivity index (χ1n) is 35.9. The maximum absolute atomic E-state index is 14.6. The number of ether oxygens (including phenoxy) is 15. The molecule has 3 saturated heterocycles. The molecule has 0 aromatic heterocycles. The summed E-state index contributed by atoms with van der Waals surface area (Å²) in [6.07, 6.45) is -19.3. The Kier molecular flexibility index (Phi) is 27.5. The molecule has 0 bridgehead atoms. The lowest BCUT2D eigenvalue weighted by Gasteiger charge is -2.48. The van der Waals surface area contributed by atoms with Crippen LogP contribution in [0.1, 0.15) is 70.0 Å². The average molecular weight is 1450 g/mol. The van der Waals surface area contributed by atoms with Crippen molar-refractivity contribution in [2.75, 3.05) is 19.8 Å². The number of benzene rings is 10. The van der Waals surface area contributed by atoms with Crippen molar-refractivity contribution in [2.24, 2.45) is 0 Å². The molecule has 107 heavy (non-hydrogen) atoms. The van der Waals surface area contributed by atoms with E-state index in [4.69, 9.17) is 71.1 Å². The second-order valence-corrected chi connectivity index (χ2v) is 26.1. The Morgan fingerprint density at radius 3 is 0.804 bits per heavy atom. The quantitative estimate of drug-likeness (QED) is 0.0293. The molecule has 19 heteroatoms. The Morgan fingerprint density at radius 2 is 0.486 bits per heavy atom. The highest BCUT2D eigenvalue weighted by atomic mass is 16.8. The third-order valence-electron chi connectivity index (χ3n) is 18.5. The predicted octanol–water partition coefficient (Wildman–Crippen LogP) is 13.6. The largest absolute Gasteiger partial charge is 0.452 e.